The summed E-state index contributed by atoms with van der Waals surface area (Å²) in [6.45, 7) is 0.468. The smallest absolute Gasteiger partial charge is 0.194 e. The molecular weight excluding hydrogens is 152 g/mol. The van der Waals surface area contributed by atoms with E-state index in [1.54, 1.807) is 0 Å². The summed E-state index contributed by atoms with van der Waals surface area (Å²) in [6.07, 6.45) is -4.47. The first-order valence-corrected chi connectivity index (χ1v) is 3.19. The van der Waals surface area contributed by atoms with Gasteiger partial charge in [0.15, 0.2) is 5.78 Å². The van der Waals surface area contributed by atoms with Crippen LogP contribution in [0, 0.1) is 0 Å². The van der Waals surface area contributed by atoms with Gasteiger partial charge in [-0.3, -0.25) is 4.79 Å². The minimum atomic E-state index is -1.63. The molecule has 5 heteroatoms. The highest BCUT2D eigenvalue weighted by molar-refractivity contribution is 5.87. The van der Waals surface area contributed by atoms with Crippen molar-refractivity contribution in [2.45, 2.75) is 25.2 Å². The lowest BCUT2D eigenvalue weighted by Crippen LogP contribution is -2.40. The lowest BCUT2D eigenvalue weighted by Gasteiger charge is -2.14. The molecule has 0 aromatic heterocycles. The van der Waals surface area contributed by atoms with Crippen molar-refractivity contribution in [2.24, 2.45) is 0 Å². The number of aliphatic hydroxyl groups excluding tert-OH is 4. The predicted octanol–water partition coefficient (Wildman–Crippen LogP) is -2.35. The van der Waals surface area contributed by atoms with E-state index in [4.69, 9.17) is 20.4 Å². The molecule has 0 saturated heterocycles. The molecule has 0 aliphatic carbocycles. The second kappa shape index (κ2) is 4.40. The molecule has 0 radical (unpaired) electrons. The van der Waals surface area contributed by atoms with Crippen LogP contribution in [-0.4, -0.2) is 51.1 Å². The fourth-order valence-electron chi connectivity index (χ4n) is 0.525. The molecule has 5 nitrogen and oxygen atoms in total. The van der Waals surface area contributed by atoms with Crippen molar-refractivity contribution in [1.82, 2.24) is 0 Å². The average Bonchev–Trinajstić information content (AvgIpc) is 2.00. The third-order valence-electron chi connectivity index (χ3n) is 1.25. The van der Waals surface area contributed by atoms with E-state index in [9.17, 15) is 4.79 Å². The minimum Gasteiger partial charge on any atom is -0.393 e. The van der Waals surface area contributed by atoms with Gasteiger partial charge in [0.2, 0.25) is 0 Å². The van der Waals surface area contributed by atoms with Gasteiger partial charge in [0.25, 0.3) is 0 Å². The summed E-state index contributed by atoms with van der Waals surface area (Å²) in [7, 11) is 0. The lowest BCUT2D eigenvalue weighted by atomic mass is 10.1. The molecule has 0 aliphatic rings. The molecule has 0 spiro atoms. The van der Waals surface area contributed by atoms with E-state index in [0.29, 0.717) is 0 Å². The topological polar surface area (TPSA) is 98.0 Å². The van der Waals surface area contributed by atoms with Crippen LogP contribution in [-0.2, 0) is 4.79 Å². The molecule has 0 saturated carbocycles. The molecule has 3 atom stereocenters. The fourth-order valence-corrected chi connectivity index (χ4v) is 0.525. The number of carbonyl (C=O) groups is 1. The third-order valence-corrected chi connectivity index (χ3v) is 1.25. The highest BCUT2D eigenvalue weighted by atomic mass is 16.4. The number of hydrogen-bond donors (Lipinski definition) is 4. The molecule has 0 aromatic carbocycles. The number of aliphatic hydroxyl groups is 4. The van der Waals surface area contributed by atoms with Gasteiger partial charge in [-0.1, -0.05) is 0 Å². The molecule has 0 fully saturated rings. The zero-order valence-corrected chi connectivity index (χ0v) is 6.14. The maximum absolute atomic E-state index is 10.7. The van der Waals surface area contributed by atoms with Crippen molar-refractivity contribution < 1.29 is 25.2 Å². The molecule has 1 unspecified atom stereocenters. The Labute approximate surface area is 63.9 Å². The maximum Gasteiger partial charge on any atom is 0.194 e. The van der Waals surface area contributed by atoms with Gasteiger partial charge in [0.1, 0.15) is 12.2 Å². The van der Waals surface area contributed by atoms with Crippen LogP contribution in [0.25, 0.3) is 0 Å². The van der Waals surface area contributed by atoms with Crippen LogP contribution < -0.4 is 0 Å². The largest absolute Gasteiger partial charge is 0.393 e. The van der Waals surface area contributed by atoms with Crippen LogP contribution in [0.15, 0.2) is 0 Å². The quantitative estimate of drug-likeness (QED) is 0.373. The second-order valence-corrected chi connectivity index (χ2v) is 2.29. The van der Waals surface area contributed by atoms with Gasteiger partial charge < -0.3 is 20.4 Å². The second-order valence-electron chi connectivity index (χ2n) is 2.29. The first-order valence-electron chi connectivity index (χ1n) is 3.19. The zero-order chi connectivity index (χ0) is 9.02. The predicted molar refractivity (Wildman–Crippen MR) is 35.8 cm³/mol. The van der Waals surface area contributed by atoms with Crippen molar-refractivity contribution in [1.29, 1.82) is 0 Å². The van der Waals surface area contributed by atoms with E-state index < -0.39 is 30.7 Å². The van der Waals surface area contributed by atoms with Gasteiger partial charge in [0.05, 0.1) is 12.7 Å². The van der Waals surface area contributed by atoms with E-state index in [1.807, 2.05) is 0 Å². The first kappa shape index (κ1) is 10.5. The van der Waals surface area contributed by atoms with Crippen LogP contribution in [0.5, 0.6) is 0 Å². The fraction of sp³-hybridized carbons (Fsp3) is 0.833. The molecule has 0 bridgehead atoms. The van der Waals surface area contributed by atoms with E-state index in [2.05, 4.69) is 0 Å². The van der Waals surface area contributed by atoms with Crippen molar-refractivity contribution in [3.8, 4) is 0 Å². The standard InChI is InChI=1S/C6H12O5/c1-3(8)5(10)6(11)4(9)2-7/h3-5,7-10H,2H2,1H3/t3?,4-,5-/m1/s1. The Hall–Kier alpha value is -0.490. The molecule has 0 aromatic rings. The summed E-state index contributed by atoms with van der Waals surface area (Å²) in [5.74, 6) is -0.970. The maximum atomic E-state index is 10.7. The lowest BCUT2D eigenvalue weighted by molar-refractivity contribution is -0.142. The number of carbonyl (C=O) groups excluding carboxylic acids is 1. The monoisotopic (exact) mass is 164 g/mol. The van der Waals surface area contributed by atoms with Gasteiger partial charge in [-0.25, -0.2) is 0 Å². The Morgan fingerprint density at radius 3 is 2.09 bits per heavy atom. The molecule has 66 valence electrons. The number of rotatable bonds is 4. The van der Waals surface area contributed by atoms with E-state index >= 15 is 0 Å². The van der Waals surface area contributed by atoms with E-state index in [0.717, 1.165) is 0 Å². The summed E-state index contributed by atoms with van der Waals surface area (Å²) in [5.41, 5.74) is 0. The van der Waals surface area contributed by atoms with Gasteiger partial charge >= 0.3 is 0 Å². The highest BCUT2D eigenvalue weighted by Crippen LogP contribution is 1.97. The molecule has 0 amide bonds. The molecule has 4 N–H and O–H groups in total. The number of ketones is 1. The summed E-state index contributed by atoms with van der Waals surface area (Å²) in [6, 6.07) is 0. The Bertz CT molecular complexity index is 133. The van der Waals surface area contributed by atoms with Crippen molar-refractivity contribution in [3.05, 3.63) is 0 Å². The molecule has 0 aliphatic heterocycles. The van der Waals surface area contributed by atoms with Crippen LogP contribution >= 0.6 is 0 Å². The molecule has 0 rings (SSSR count). The average molecular weight is 164 g/mol. The van der Waals surface area contributed by atoms with Gasteiger partial charge in [-0.2, -0.15) is 0 Å². The van der Waals surface area contributed by atoms with Crippen LogP contribution in [0.3, 0.4) is 0 Å². The minimum absolute atomic E-state index is 0.747. The molecular formula is C6H12O5. The Balaban J connectivity index is 4.02. The van der Waals surface area contributed by atoms with Crippen LogP contribution in [0.4, 0.5) is 0 Å². The Morgan fingerprint density at radius 2 is 1.82 bits per heavy atom. The summed E-state index contributed by atoms with van der Waals surface area (Å²) in [5, 5.41) is 34.4. The van der Waals surface area contributed by atoms with Crippen molar-refractivity contribution >= 4 is 5.78 Å². The number of hydrogen-bond acceptors (Lipinski definition) is 5. The molecule has 11 heavy (non-hydrogen) atoms. The first-order chi connectivity index (χ1) is 5.00. The number of Topliss-reactive ketones (excluding diaryl/α,β-unsaturated/α-hetero) is 1. The molecule has 0 heterocycles. The van der Waals surface area contributed by atoms with Crippen LogP contribution in [0.1, 0.15) is 6.92 Å². The third kappa shape index (κ3) is 2.94. The Kier molecular flexibility index (Phi) is 4.20. The summed E-state index contributed by atoms with van der Waals surface area (Å²) in [4.78, 5) is 10.7. The van der Waals surface area contributed by atoms with Crippen molar-refractivity contribution in [3.63, 3.8) is 0 Å². The van der Waals surface area contributed by atoms with Gasteiger partial charge in [-0.05, 0) is 6.92 Å². The van der Waals surface area contributed by atoms with E-state index in [1.165, 1.54) is 6.92 Å². The van der Waals surface area contributed by atoms with Crippen LogP contribution in [0.2, 0.25) is 0 Å². The Morgan fingerprint density at radius 1 is 1.36 bits per heavy atom. The van der Waals surface area contributed by atoms with E-state index in [-0.39, 0.29) is 0 Å². The summed E-state index contributed by atoms with van der Waals surface area (Å²) >= 11 is 0. The normalized spacial score (nSPS) is 19.0. The van der Waals surface area contributed by atoms with Gasteiger partial charge in [0, 0.05) is 0 Å². The highest BCUT2D eigenvalue weighted by Gasteiger charge is 2.26. The van der Waals surface area contributed by atoms with Gasteiger partial charge in [-0.15, -0.1) is 0 Å². The SMILES string of the molecule is CC(O)[C@@H](O)C(=O)[C@H](O)CO. The summed E-state index contributed by atoms with van der Waals surface area (Å²) < 4.78 is 0. The zero-order valence-electron chi connectivity index (χ0n) is 6.14. The van der Waals surface area contributed by atoms with Crippen molar-refractivity contribution in [2.75, 3.05) is 6.61 Å².